The Morgan fingerprint density at radius 3 is 2.74 bits per heavy atom. The van der Waals surface area contributed by atoms with Gasteiger partial charge in [0, 0.05) is 16.8 Å². The van der Waals surface area contributed by atoms with E-state index >= 15 is 0 Å². The molecule has 1 aromatic heterocycles. The minimum Gasteiger partial charge on any atom is -0.306 e. The number of hydrogen-bond donors (Lipinski definition) is 1. The lowest BCUT2D eigenvalue weighted by Gasteiger charge is -2.20. The van der Waals surface area contributed by atoms with Gasteiger partial charge < -0.3 is 5.32 Å². The summed E-state index contributed by atoms with van der Waals surface area (Å²) < 4.78 is 27.2. The molecule has 100 valence electrons. The summed E-state index contributed by atoms with van der Waals surface area (Å²) in [6.07, 6.45) is 2.63. The fourth-order valence-electron chi connectivity index (χ4n) is 1.95. The Morgan fingerprint density at radius 2 is 2.05 bits per heavy atom. The van der Waals surface area contributed by atoms with Crippen molar-refractivity contribution in [3.63, 3.8) is 0 Å². The van der Waals surface area contributed by atoms with Gasteiger partial charge in [-0.25, -0.2) is 8.78 Å². The molecule has 0 radical (unpaired) electrons. The lowest BCUT2D eigenvalue weighted by molar-refractivity contribution is 0.551. The minimum atomic E-state index is -0.504. The quantitative estimate of drug-likeness (QED) is 0.925. The molecule has 1 aromatic carbocycles. The molecule has 1 unspecified atom stereocenters. The number of nitrogens with zero attached hydrogens (tertiary/aromatic N) is 1. The molecular weight excluding hydrogens is 270 g/mol. The molecule has 0 saturated carbocycles. The molecule has 2 nitrogen and oxygen atoms in total. The van der Waals surface area contributed by atoms with Crippen LogP contribution < -0.4 is 5.32 Å². The molecule has 1 N–H and O–H groups in total. The van der Waals surface area contributed by atoms with Crippen molar-refractivity contribution < 1.29 is 8.78 Å². The molecular formula is C14H13ClF2N2. The average Bonchev–Trinajstić information content (AvgIpc) is 2.40. The van der Waals surface area contributed by atoms with E-state index in [2.05, 4.69) is 10.3 Å². The largest absolute Gasteiger partial charge is 0.306 e. The zero-order valence-electron chi connectivity index (χ0n) is 10.3. The summed E-state index contributed by atoms with van der Waals surface area (Å²) in [4.78, 5) is 3.71. The van der Waals surface area contributed by atoms with E-state index in [1.807, 2.05) is 6.92 Å². The molecule has 0 aliphatic rings. The number of halogens is 3. The highest BCUT2D eigenvalue weighted by Crippen LogP contribution is 2.30. The fourth-order valence-corrected chi connectivity index (χ4v) is 2.17. The van der Waals surface area contributed by atoms with E-state index in [0.29, 0.717) is 22.7 Å². The van der Waals surface area contributed by atoms with Crippen LogP contribution in [0, 0.1) is 11.6 Å². The van der Waals surface area contributed by atoms with Gasteiger partial charge in [-0.2, -0.15) is 0 Å². The third-order valence-corrected chi connectivity index (χ3v) is 3.14. The van der Waals surface area contributed by atoms with Crippen molar-refractivity contribution in [2.24, 2.45) is 0 Å². The number of nitrogens with one attached hydrogen (secondary N) is 1. The molecule has 1 heterocycles. The number of rotatable bonds is 4. The van der Waals surface area contributed by atoms with Crippen LogP contribution in [0.3, 0.4) is 0 Å². The van der Waals surface area contributed by atoms with Crippen molar-refractivity contribution in [1.29, 1.82) is 0 Å². The summed E-state index contributed by atoms with van der Waals surface area (Å²) in [6, 6.07) is 5.11. The van der Waals surface area contributed by atoms with Crippen LogP contribution >= 0.6 is 11.6 Å². The first-order valence-corrected chi connectivity index (χ1v) is 6.29. The van der Waals surface area contributed by atoms with Crippen LogP contribution in [0.2, 0.25) is 5.02 Å². The predicted molar refractivity (Wildman–Crippen MR) is 71.1 cm³/mol. The van der Waals surface area contributed by atoms with E-state index < -0.39 is 17.7 Å². The Balaban J connectivity index is 2.51. The van der Waals surface area contributed by atoms with E-state index in [1.165, 1.54) is 24.4 Å². The van der Waals surface area contributed by atoms with Gasteiger partial charge in [0.1, 0.15) is 11.6 Å². The van der Waals surface area contributed by atoms with Crippen LogP contribution in [0.4, 0.5) is 8.78 Å². The molecule has 5 heteroatoms. The molecule has 2 rings (SSSR count). The van der Waals surface area contributed by atoms with Crippen molar-refractivity contribution >= 4 is 11.6 Å². The lowest BCUT2D eigenvalue weighted by atomic mass is 9.99. The molecule has 0 aliphatic carbocycles. The van der Waals surface area contributed by atoms with Crippen LogP contribution in [0.25, 0.3) is 0 Å². The van der Waals surface area contributed by atoms with Crippen molar-refractivity contribution in [3.05, 3.63) is 64.4 Å². The van der Waals surface area contributed by atoms with Crippen molar-refractivity contribution in [3.8, 4) is 0 Å². The Kier molecular flexibility index (Phi) is 4.45. The van der Waals surface area contributed by atoms with E-state index in [9.17, 15) is 8.78 Å². The molecule has 0 saturated heterocycles. The average molecular weight is 283 g/mol. The molecule has 1 atom stereocenters. The van der Waals surface area contributed by atoms with E-state index in [0.717, 1.165) is 6.20 Å². The maximum absolute atomic E-state index is 13.8. The molecule has 0 spiro atoms. The highest BCUT2D eigenvalue weighted by molar-refractivity contribution is 6.31. The van der Waals surface area contributed by atoms with E-state index in [1.54, 1.807) is 6.07 Å². The second-order valence-electron chi connectivity index (χ2n) is 4.05. The SMILES string of the molecule is CCNC(c1ccncc1F)c1cc(F)ccc1Cl. The first-order chi connectivity index (χ1) is 9.13. The monoisotopic (exact) mass is 282 g/mol. The number of aromatic nitrogens is 1. The summed E-state index contributed by atoms with van der Waals surface area (Å²) in [6.45, 7) is 2.48. The third kappa shape index (κ3) is 3.08. The summed E-state index contributed by atoms with van der Waals surface area (Å²) in [5.74, 6) is -0.856. The molecule has 0 bridgehead atoms. The zero-order chi connectivity index (χ0) is 13.8. The second kappa shape index (κ2) is 6.08. The fraction of sp³-hybridized carbons (Fsp3) is 0.214. The number of benzene rings is 1. The standard InChI is InChI=1S/C14H13ClF2N2/c1-2-19-14(10-5-6-18-8-13(10)17)11-7-9(16)3-4-12(11)15/h3-8,14,19H,2H2,1H3. The van der Waals surface area contributed by atoms with Crippen molar-refractivity contribution in [2.75, 3.05) is 6.54 Å². The van der Waals surface area contributed by atoms with Crippen LogP contribution in [0.15, 0.2) is 36.7 Å². The van der Waals surface area contributed by atoms with E-state index in [-0.39, 0.29) is 0 Å². The lowest BCUT2D eigenvalue weighted by Crippen LogP contribution is -2.23. The minimum absolute atomic E-state index is 0.392. The maximum atomic E-state index is 13.8. The summed E-state index contributed by atoms with van der Waals surface area (Å²) in [7, 11) is 0. The van der Waals surface area contributed by atoms with Gasteiger partial charge in [0.25, 0.3) is 0 Å². The maximum Gasteiger partial charge on any atom is 0.146 e. The first kappa shape index (κ1) is 13.9. The van der Waals surface area contributed by atoms with E-state index in [4.69, 9.17) is 11.6 Å². The Labute approximate surface area is 115 Å². The predicted octanol–water partition coefficient (Wildman–Crippen LogP) is 3.71. The summed E-state index contributed by atoms with van der Waals surface area (Å²) >= 11 is 6.08. The van der Waals surface area contributed by atoms with Crippen LogP contribution in [0.5, 0.6) is 0 Å². The van der Waals surface area contributed by atoms with Gasteiger partial charge >= 0.3 is 0 Å². The Morgan fingerprint density at radius 1 is 1.26 bits per heavy atom. The van der Waals surface area contributed by atoms with Gasteiger partial charge in [-0.15, -0.1) is 0 Å². The van der Waals surface area contributed by atoms with Gasteiger partial charge in [0.15, 0.2) is 0 Å². The van der Waals surface area contributed by atoms with Crippen molar-refractivity contribution in [1.82, 2.24) is 10.3 Å². The molecule has 0 fully saturated rings. The van der Waals surface area contributed by atoms with Crippen LogP contribution in [0.1, 0.15) is 24.1 Å². The topological polar surface area (TPSA) is 24.9 Å². The smallest absolute Gasteiger partial charge is 0.146 e. The van der Waals surface area contributed by atoms with Gasteiger partial charge in [-0.05, 0) is 36.4 Å². The number of hydrogen-bond acceptors (Lipinski definition) is 2. The van der Waals surface area contributed by atoms with Crippen LogP contribution in [-0.4, -0.2) is 11.5 Å². The molecule has 0 aliphatic heterocycles. The van der Waals surface area contributed by atoms with Gasteiger partial charge in [-0.3, -0.25) is 4.98 Å². The van der Waals surface area contributed by atoms with Gasteiger partial charge in [-0.1, -0.05) is 18.5 Å². The molecule has 2 aromatic rings. The highest BCUT2D eigenvalue weighted by atomic mass is 35.5. The Bertz CT molecular complexity index is 575. The van der Waals surface area contributed by atoms with Gasteiger partial charge in [0.2, 0.25) is 0 Å². The van der Waals surface area contributed by atoms with Crippen LogP contribution in [-0.2, 0) is 0 Å². The van der Waals surface area contributed by atoms with Crippen molar-refractivity contribution in [2.45, 2.75) is 13.0 Å². The first-order valence-electron chi connectivity index (χ1n) is 5.91. The summed E-state index contributed by atoms with van der Waals surface area (Å²) in [5.41, 5.74) is 0.901. The second-order valence-corrected chi connectivity index (χ2v) is 4.46. The zero-order valence-corrected chi connectivity index (χ0v) is 11.1. The highest BCUT2D eigenvalue weighted by Gasteiger charge is 2.20. The molecule has 0 amide bonds. The number of pyridine rings is 1. The molecule has 19 heavy (non-hydrogen) atoms. The normalized spacial score (nSPS) is 12.4. The third-order valence-electron chi connectivity index (χ3n) is 2.79. The van der Waals surface area contributed by atoms with Gasteiger partial charge in [0.05, 0.1) is 12.2 Å². The summed E-state index contributed by atoms with van der Waals surface area (Å²) in [5, 5.41) is 3.50. The Hall–Kier alpha value is -1.52.